The van der Waals surface area contributed by atoms with Gasteiger partial charge in [0.05, 0.1) is 12.1 Å². The highest BCUT2D eigenvalue weighted by Gasteiger charge is 2.29. The van der Waals surface area contributed by atoms with Crippen LogP contribution in [0, 0.1) is 0 Å². The maximum atomic E-state index is 11.8. The minimum atomic E-state index is -0.525. The molecule has 0 aliphatic carbocycles. The minimum absolute atomic E-state index is 0.0368. The monoisotopic (exact) mass is 183 g/mol. The van der Waals surface area contributed by atoms with Crippen molar-refractivity contribution in [2.45, 2.75) is 32.2 Å². The summed E-state index contributed by atoms with van der Waals surface area (Å²) in [4.78, 5) is 11.8. The maximum Gasteiger partial charge on any atom is 0.216 e. The highest BCUT2D eigenvalue weighted by molar-refractivity contribution is 6.00. The molecule has 1 rings (SSSR count). The standard InChI is InChI=1S/C10H17NO2/c1-10(2,11-3)9(12)8-6-4-5-7-13-8/h6,11H,4-5,7H2,1-3H3. The molecule has 74 valence electrons. The van der Waals surface area contributed by atoms with Gasteiger partial charge in [0.15, 0.2) is 5.76 Å². The van der Waals surface area contributed by atoms with Gasteiger partial charge in [0.25, 0.3) is 0 Å². The predicted octanol–water partition coefficient (Wildman–Crippen LogP) is 1.25. The van der Waals surface area contributed by atoms with Crippen LogP contribution in [0.25, 0.3) is 0 Å². The van der Waals surface area contributed by atoms with Crippen molar-refractivity contribution in [2.24, 2.45) is 0 Å². The lowest BCUT2D eigenvalue weighted by Crippen LogP contribution is -2.45. The van der Waals surface area contributed by atoms with Crippen molar-refractivity contribution in [3.63, 3.8) is 0 Å². The van der Waals surface area contributed by atoms with Crippen LogP contribution in [0.15, 0.2) is 11.8 Å². The number of carbonyl (C=O) groups excluding carboxylic acids is 1. The van der Waals surface area contributed by atoms with E-state index in [2.05, 4.69) is 5.32 Å². The Balaban J connectivity index is 2.71. The summed E-state index contributed by atoms with van der Waals surface area (Å²) in [7, 11) is 1.78. The van der Waals surface area contributed by atoms with Crippen molar-refractivity contribution in [3.05, 3.63) is 11.8 Å². The third kappa shape index (κ3) is 2.31. The summed E-state index contributed by atoms with van der Waals surface area (Å²) in [5, 5.41) is 2.97. The molecule has 0 aromatic rings. The molecule has 3 nitrogen and oxygen atoms in total. The molecule has 3 heteroatoms. The number of likely N-dealkylation sites (N-methyl/N-ethyl adjacent to an activating group) is 1. The highest BCUT2D eigenvalue weighted by Crippen LogP contribution is 2.16. The molecule has 0 amide bonds. The molecule has 0 fully saturated rings. The van der Waals surface area contributed by atoms with Crippen LogP contribution in [0.5, 0.6) is 0 Å². The van der Waals surface area contributed by atoms with Gasteiger partial charge in [-0.25, -0.2) is 0 Å². The molecular formula is C10H17NO2. The second kappa shape index (κ2) is 3.92. The number of carbonyl (C=O) groups is 1. The Bertz CT molecular complexity index is 231. The topological polar surface area (TPSA) is 38.3 Å². The SMILES string of the molecule is CNC(C)(C)C(=O)C1=CCCCO1. The first-order chi connectivity index (χ1) is 6.08. The lowest BCUT2D eigenvalue weighted by Gasteiger charge is -2.25. The zero-order valence-electron chi connectivity index (χ0n) is 8.52. The van der Waals surface area contributed by atoms with Gasteiger partial charge in [-0.3, -0.25) is 4.79 Å². The van der Waals surface area contributed by atoms with E-state index in [-0.39, 0.29) is 5.78 Å². The van der Waals surface area contributed by atoms with Crippen LogP contribution in [-0.4, -0.2) is 25.0 Å². The Kier molecular flexibility index (Phi) is 3.09. The van der Waals surface area contributed by atoms with E-state index < -0.39 is 5.54 Å². The molecule has 0 aromatic heterocycles. The summed E-state index contributed by atoms with van der Waals surface area (Å²) in [5.41, 5.74) is -0.525. The van der Waals surface area contributed by atoms with Gasteiger partial charge in [0, 0.05) is 0 Å². The Morgan fingerprint density at radius 2 is 2.31 bits per heavy atom. The molecule has 0 aromatic carbocycles. The summed E-state index contributed by atoms with van der Waals surface area (Å²) < 4.78 is 5.30. The fourth-order valence-electron chi connectivity index (χ4n) is 1.14. The van der Waals surface area contributed by atoms with Crippen molar-refractivity contribution in [1.82, 2.24) is 5.32 Å². The van der Waals surface area contributed by atoms with E-state index in [1.54, 1.807) is 7.05 Å². The average molecular weight is 183 g/mol. The molecule has 0 bridgehead atoms. The van der Waals surface area contributed by atoms with Crippen molar-refractivity contribution < 1.29 is 9.53 Å². The van der Waals surface area contributed by atoms with E-state index >= 15 is 0 Å². The van der Waals surface area contributed by atoms with Crippen LogP contribution in [0.4, 0.5) is 0 Å². The molecule has 0 saturated carbocycles. The first-order valence-electron chi connectivity index (χ1n) is 4.64. The maximum absolute atomic E-state index is 11.8. The smallest absolute Gasteiger partial charge is 0.216 e. The van der Waals surface area contributed by atoms with Crippen molar-refractivity contribution in [3.8, 4) is 0 Å². The van der Waals surface area contributed by atoms with Gasteiger partial charge in [-0.15, -0.1) is 0 Å². The first kappa shape index (κ1) is 10.3. The number of hydrogen-bond acceptors (Lipinski definition) is 3. The number of nitrogens with one attached hydrogen (secondary N) is 1. The molecule has 0 spiro atoms. The summed E-state index contributed by atoms with van der Waals surface area (Å²) in [6, 6.07) is 0. The first-order valence-corrected chi connectivity index (χ1v) is 4.64. The normalized spacial score (nSPS) is 17.6. The van der Waals surface area contributed by atoms with Crippen molar-refractivity contribution in [2.75, 3.05) is 13.7 Å². The Hall–Kier alpha value is -0.830. The summed E-state index contributed by atoms with van der Waals surface area (Å²) in [5.74, 6) is 0.556. The van der Waals surface area contributed by atoms with Gasteiger partial charge in [0.2, 0.25) is 5.78 Å². The Labute approximate surface area is 79.2 Å². The zero-order chi connectivity index (χ0) is 9.90. The number of ketones is 1. The molecule has 13 heavy (non-hydrogen) atoms. The van der Waals surface area contributed by atoms with E-state index in [0.717, 1.165) is 12.8 Å². The Morgan fingerprint density at radius 3 is 2.77 bits per heavy atom. The number of Topliss-reactive ketones (excluding diaryl/α,β-unsaturated/α-hetero) is 1. The number of ether oxygens (including phenoxy) is 1. The zero-order valence-corrected chi connectivity index (χ0v) is 8.52. The van der Waals surface area contributed by atoms with E-state index in [1.165, 1.54) is 0 Å². The number of rotatable bonds is 3. The molecule has 1 heterocycles. The van der Waals surface area contributed by atoms with Gasteiger partial charge in [-0.1, -0.05) is 0 Å². The Morgan fingerprint density at radius 1 is 1.62 bits per heavy atom. The quantitative estimate of drug-likeness (QED) is 0.715. The van der Waals surface area contributed by atoms with Gasteiger partial charge in [-0.05, 0) is 39.8 Å². The second-order valence-electron chi connectivity index (χ2n) is 3.76. The van der Waals surface area contributed by atoms with E-state index in [9.17, 15) is 4.79 Å². The third-order valence-electron chi connectivity index (χ3n) is 2.35. The minimum Gasteiger partial charge on any atom is -0.490 e. The lowest BCUT2D eigenvalue weighted by molar-refractivity contribution is -0.124. The van der Waals surface area contributed by atoms with E-state index in [0.29, 0.717) is 12.4 Å². The van der Waals surface area contributed by atoms with Crippen LogP contribution < -0.4 is 5.32 Å². The molecule has 0 atom stereocenters. The van der Waals surface area contributed by atoms with Gasteiger partial charge >= 0.3 is 0 Å². The molecule has 1 aliphatic heterocycles. The average Bonchev–Trinajstić information content (AvgIpc) is 2.18. The summed E-state index contributed by atoms with van der Waals surface area (Å²) in [6.45, 7) is 4.37. The van der Waals surface area contributed by atoms with Gasteiger partial charge in [-0.2, -0.15) is 0 Å². The van der Waals surface area contributed by atoms with Crippen molar-refractivity contribution in [1.29, 1.82) is 0 Å². The molecule has 1 N–H and O–H groups in total. The van der Waals surface area contributed by atoms with Gasteiger partial charge in [0.1, 0.15) is 0 Å². The lowest BCUT2D eigenvalue weighted by atomic mass is 9.97. The fraction of sp³-hybridized carbons (Fsp3) is 0.700. The fourth-order valence-corrected chi connectivity index (χ4v) is 1.14. The summed E-state index contributed by atoms with van der Waals surface area (Å²) >= 11 is 0. The molecule has 1 aliphatic rings. The number of allylic oxidation sites excluding steroid dienone is 1. The third-order valence-corrected chi connectivity index (χ3v) is 2.35. The predicted molar refractivity (Wildman–Crippen MR) is 51.4 cm³/mol. The van der Waals surface area contributed by atoms with Crippen LogP contribution in [0.2, 0.25) is 0 Å². The largest absolute Gasteiger partial charge is 0.490 e. The van der Waals surface area contributed by atoms with E-state index in [4.69, 9.17) is 4.74 Å². The van der Waals surface area contributed by atoms with Crippen LogP contribution in [0.1, 0.15) is 26.7 Å². The number of hydrogen-bond donors (Lipinski definition) is 1. The van der Waals surface area contributed by atoms with Crippen molar-refractivity contribution >= 4 is 5.78 Å². The van der Waals surface area contributed by atoms with Crippen LogP contribution >= 0.6 is 0 Å². The molecule has 0 saturated heterocycles. The summed E-state index contributed by atoms with van der Waals surface area (Å²) in [6.07, 6.45) is 3.84. The second-order valence-corrected chi connectivity index (χ2v) is 3.76. The van der Waals surface area contributed by atoms with Crippen LogP contribution in [-0.2, 0) is 9.53 Å². The highest BCUT2D eigenvalue weighted by atomic mass is 16.5. The molecule has 0 unspecified atom stereocenters. The molecular weight excluding hydrogens is 166 g/mol. The van der Waals surface area contributed by atoms with E-state index in [1.807, 2.05) is 19.9 Å². The molecule has 0 radical (unpaired) electrons. The van der Waals surface area contributed by atoms with Gasteiger partial charge < -0.3 is 10.1 Å². The van der Waals surface area contributed by atoms with Crippen LogP contribution in [0.3, 0.4) is 0 Å².